The molecule has 0 unspecified atom stereocenters. The molecule has 0 aliphatic heterocycles. The number of rotatable bonds is 3. The smallest absolute Gasteiger partial charge is 0.308 e. The van der Waals surface area contributed by atoms with Crippen molar-refractivity contribution in [1.29, 1.82) is 0 Å². The largest absolute Gasteiger partial charge is 0.326 e. The van der Waals surface area contributed by atoms with Crippen LogP contribution in [0.25, 0.3) is 11.1 Å². The van der Waals surface area contributed by atoms with E-state index in [-0.39, 0.29) is 6.03 Å². The van der Waals surface area contributed by atoms with Gasteiger partial charge in [-0.25, -0.2) is 9.89 Å². The minimum atomic E-state index is -0.376. The summed E-state index contributed by atoms with van der Waals surface area (Å²) in [5.74, 6) is 0.299. The van der Waals surface area contributed by atoms with Gasteiger partial charge in [0.1, 0.15) is 6.33 Å². The van der Waals surface area contributed by atoms with Crippen LogP contribution in [0.15, 0.2) is 60.9 Å². The van der Waals surface area contributed by atoms with Gasteiger partial charge < -0.3 is 5.32 Å². The molecule has 0 fully saturated rings. The highest BCUT2D eigenvalue weighted by molar-refractivity contribution is 5.98. The number of carbonyl (C=O) groups excluding carboxylic acids is 1. The lowest BCUT2D eigenvalue weighted by Gasteiger charge is -2.06. The van der Waals surface area contributed by atoms with Crippen LogP contribution in [0, 0.1) is 0 Å². The Morgan fingerprint density at radius 1 is 0.905 bits per heavy atom. The average molecular weight is 279 g/mol. The van der Waals surface area contributed by atoms with Crippen molar-refractivity contribution in [3.05, 3.63) is 60.9 Å². The van der Waals surface area contributed by atoms with Crippen LogP contribution in [0.2, 0.25) is 0 Å². The summed E-state index contributed by atoms with van der Waals surface area (Å²) < 4.78 is 0. The lowest BCUT2D eigenvalue weighted by atomic mass is 10.1. The lowest BCUT2D eigenvalue weighted by Crippen LogP contribution is -2.20. The number of amides is 2. The Kier molecular flexibility index (Phi) is 3.60. The monoisotopic (exact) mass is 279 g/mol. The van der Waals surface area contributed by atoms with E-state index in [1.165, 1.54) is 6.33 Å². The molecule has 21 heavy (non-hydrogen) atoms. The number of urea groups is 1. The number of hydrogen-bond donors (Lipinski definition) is 3. The van der Waals surface area contributed by atoms with Gasteiger partial charge in [-0.05, 0) is 23.3 Å². The number of anilines is 2. The van der Waals surface area contributed by atoms with Gasteiger partial charge in [-0.15, -0.1) is 0 Å². The van der Waals surface area contributed by atoms with Crippen molar-refractivity contribution in [3.63, 3.8) is 0 Å². The van der Waals surface area contributed by atoms with Crippen LogP contribution in [0.4, 0.5) is 16.4 Å². The fourth-order valence-corrected chi connectivity index (χ4v) is 1.91. The van der Waals surface area contributed by atoms with Crippen molar-refractivity contribution in [2.75, 3.05) is 10.6 Å². The van der Waals surface area contributed by atoms with Crippen molar-refractivity contribution >= 4 is 17.7 Å². The Hall–Kier alpha value is -3.15. The molecule has 0 aliphatic carbocycles. The maximum absolute atomic E-state index is 11.7. The molecule has 0 radical (unpaired) electrons. The van der Waals surface area contributed by atoms with Crippen LogP contribution in [0.5, 0.6) is 0 Å². The maximum atomic E-state index is 11.7. The van der Waals surface area contributed by atoms with Crippen LogP contribution in [-0.4, -0.2) is 21.2 Å². The Labute approximate surface area is 121 Å². The number of nitrogens with one attached hydrogen (secondary N) is 3. The zero-order chi connectivity index (χ0) is 14.5. The molecule has 0 aliphatic rings. The van der Waals surface area contributed by atoms with E-state index in [4.69, 9.17) is 0 Å². The zero-order valence-corrected chi connectivity index (χ0v) is 11.1. The van der Waals surface area contributed by atoms with Crippen LogP contribution in [0.1, 0.15) is 0 Å². The Morgan fingerprint density at radius 2 is 1.62 bits per heavy atom. The predicted molar refractivity (Wildman–Crippen MR) is 80.9 cm³/mol. The molecule has 3 N–H and O–H groups in total. The SMILES string of the molecule is O=C(Nc1ccc(-c2ccccc2)cc1)Nc1ncn[nH]1. The lowest BCUT2D eigenvalue weighted by molar-refractivity contribution is 0.262. The summed E-state index contributed by atoms with van der Waals surface area (Å²) in [6.45, 7) is 0. The summed E-state index contributed by atoms with van der Waals surface area (Å²) in [5.41, 5.74) is 2.93. The average Bonchev–Trinajstić information content (AvgIpc) is 3.02. The van der Waals surface area contributed by atoms with Crippen molar-refractivity contribution < 1.29 is 4.79 Å². The maximum Gasteiger partial charge on any atom is 0.326 e. The summed E-state index contributed by atoms with van der Waals surface area (Å²) in [4.78, 5) is 15.5. The molecule has 0 saturated heterocycles. The van der Waals surface area contributed by atoms with Gasteiger partial charge in [0.2, 0.25) is 5.95 Å². The molecule has 6 heteroatoms. The number of nitrogens with zero attached hydrogens (tertiary/aromatic N) is 2. The molecule has 0 saturated carbocycles. The van der Waals surface area contributed by atoms with Gasteiger partial charge in [-0.1, -0.05) is 42.5 Å². The highest BCUT2D eigenvalue weighted by Crippen LogP contribution is 2.20. The molecule has 2 aromatic carbocycles. The standard InChI is InChI=1S/C15H13N5O/c21-15(19-14-16-10-17-20-14)18-13-8-6-12(7-9-13)11-4-2-1-3-5-11/h1-10H,(H3,16,17,18,19,20,21). The first-order chi connectivity index (χ1) is 10.3. The van der Waals surface area contributed by atoms with Gasteiger partial charge in [0, 0.05) is 5.69 Å². The van der Waals surface area contributed by atoms with E-state index < -0.39 is 0 Å². The Balaban J connectivity index is 1.66. The van der Waals surface area contributed by atoms with E-state index in [0.29, 0.717) is 11.6 Å². The molecule has 0 bridgehead atoms. The van der Waals surface area contributed by atoms with E-state index >= 15 is 0 Å². The fraction of sp³-hybridized carbons (Fsp3) is 0. The third kappa shape index (κ3) is 3.24. The molecule has 3 rings (SSSR count). The molecule has 6 nitrogen and oxygen atoms in total. The molecular formula is C15H13N5O. The van der Waals surface area contributed by atoms with Crippen LogP contribution in [0.3, 0.4) is 0 Å². The minimum absolute atomic E-state index is 0.299. The normalized spacial score (nSPS) is 10.1. The van der Waals surface area contributed by atoms with Crippen LogP contribution in [-0.2, 0) is 0 Å². The molecule has 1 aromatic heterocycles. The van der Waals surface area contributed by atoms with Gasteiger partial charge in [0.25, 0.3) is 0 Å². The molecule has 2 amide bonds. The molecule has 104 valence electrons. The summed E-state index contributed by atoms with van der Waals surface area (Å²) in [6, 6.07) is 17.3. The summed E-state index contributed by atoms with van der Waals surface area (Å²) >= 11 is 0. The molecule has 1 heterocycles. The number of H-pyrrole nitrogens is 1. The van der Waals surface area contributed by atoms with E-state index in [2.05, 4.69) is 25.8 Å². The first-order valence-electron chi connectivity index (χ1n) is 6.40. The van der Waals surface area contributed by atoms with Crippen molar-refractivity contribution in [1.82, 2.24) is 15.2 Å². The number of aromatic nitrogens is 3. The zero-order valence-electron chi connectivity index (χ0n) is 11.1. The van der Waals surface area contributed by atoms with Crippen LogP contribution >= 0.6 is 0 Å². The summed E-state index contributed by atoms with van der Waals surface area (Å²) in [5, 5.41) is 11.5. The van der Waals surface area contributed by atoms with Gasteiger partial charge >= 0.3 is 6.03 Å². The van der Waals surface area contributed by atoms with E-state index in [9.17, 15) is 4.79 Å². The summed E-state index contributed by atoms with van der Waals surface area (Å²) in [7, 11) is 0. The topological polar surface area (TPSA) is 82.7 Å². The molecular weight excluding hydrogens is 266 g/mol. The second-order valence-corrected chi connectivity index (χ2v) is 4.36. The number of hydrogen-bond acceptors (Lipinski definition) is 3. The van der Waals surface area contributed by atoms with E-state index in [1.807, 2.05) is 54.6 Å². The third-order valence-electron chi connectivity index (χ3n) is 2.90. The Morgan fingerprint density at radius 3 is 2.29 bits per heavy atom. The summed E-state index contributed by atoms with van der Waals surface area (Å²) in [6.07, 6.45) is 1.32. The quantitative estimate of drug-likeness (QED) is 0.689. The highest BCUT2D eigenvalue weighted by atomic mass is 16.2. The van der Waals surface area contributed by atoms with Gasteiger partial charge in [-0.3, -0.25) is 5.32 Å². The van der Waals surface area contributed by atoms with E-state index in [0.717, 1.165) is 11.1 Å². The predicted octanol–water partition coefficient (Wildman–Crippen LogP) is 3.12. The number of benzene rings is 2. The fourth-order valence-electron chi connectivity index (χ4n) is 1.91. The third-order valence-corrected chi connectivity index (χ3v) is 2.90. The van der Waals surface area contributed by atoms with Gasteiger partial charge in [0.05, 0.1) is 0 Å². The van der Waals surface area contributed by atoms with Crippen LogP contribution < -0.4 is 10.6 Å². The molecule has 0 atom stereocenters. The molecule has 0 spiro atoms. The second kappa shape index (κ2) is 5.87. The number of carbonyl (C=O) groups is 1. The van der Waals surface area contributed by atoms with Crippen molar-refractivity contribution in [3.8, 4) is 11.1 Å². The number of aromatic amines is 1. The van der Waals surface area contributed by atoms with Crippen molar-refractivity contribution in [2.24, 2.45) is 0 Å². The highest BCUT2D eigenvalue weighted by Gasteiger charge is 2.04. The van der Waals surface area contributed by atoms with E-state index in [1.54, 1.807) is 0 Å². The van der Waals surface area contributed by atoms with Gasteiger partial charge in [0.15, 0.2) is 0 Å². The van der Waals surface area contributed by atoms with Crippen molar-refractivity contribution in [2.45, 2.75) is 0 Å². The molecule has 3 aromatic rings. The minimum Gasteiger partial charge on any atom is -0.308 e. The first kappa shape index (κ1) is 12.9. The Bertz CT molecular complexity index is 708. The second-order valence-electron chi connectivity index (χ2n) is 4.36. The first-order valence-corrected chi connectivity index (χ1v) is 6.40. The van der Waals surface area contributed by atoms with Gasteiger partial charge in [-0.2, -0.15) is 10.1 Å².